The van der Waals surface area contributed by atoms with Crippen LogP contribution in [0.15, 0.2) is 18.2 Å². The molecule has 0 aliphatic rings. The Morgan fingerprint density at radius 2 is 2.00 bits per heavy atom. The molecule has 0 aliphatic heterocycles. The van der Waals surface area contributed by atoms with Crippen LogP contribution >= 0.6 is 0 Å². The van der Waals surface area contributed by atoms with Crippen LogP contribution in [0.1, 0.15) is 35.3 Å². The van der Waals surface area contributed by atoms with E-state index in [4.69, 9.17) is 0 Å². The van der Waals surface area contributed by atoms with Gasteiger partial charge in [-0.15, -0.1) is 0 Å². The summed E-state index contributed by atoms with van der Waals surface area (Å²) in [4.78, 5) is 14.3. The Balaban J connectivity index is 3.00. The second-order valence-corrected chi connectivity index (χ2v) is 4.43. The van der Waals surface area contributed by atoms with Crippen molar-refractivity contribution in [3.8, 4) is 0 Å². The largest absolute Gasteiger partial charge is 0.297 e. The summed E-state index contributed by atoms with van der Waals surface area (Å²) in [5.41, 5.74) is 3.06. The number of ketones is 1. The van der Waals surface area contributed by atoms with E-state index in [0.717, 1.165) is 23.2 Å². The van der Waals surface area contributed by atoms with Gasteiger partial charge in [0.2, 0.25) is 0 Å². The number of hydrogen-bond acceptors (Lipinski definition) is 2. The number of rotatable bonds is 4. The number of carbonyl (C=O) groups is 1. The monoisotopic (exact) mass is 219 g/mol. The lowest BCUT2D eigenvalue weighted by Gasteiger charge is -2.22. The number of hydrogen-bond donors (Lipinski definition) is 0. The highest BCUT2D eigenvalue weighted by molar-refractivity contribution is 6.01. The van der Waals surface area contributed by atoms with Crippen molar-refractivity contribution in [2.45, 2.75) is 33.7 Å². The fourth-order valence-corrected chi connectivity index (χ4v) is 1.70. The summed E-state index contributed by atoms with van der Waals surface area (Å²) in [6, 6.07) is 5.99. The van der Waals surface area contributed by atoms with Crippen LogP contribution in [0.5, 0.6) is 0 Å². The predicted octanol–water partition coefficient (Wildman–Crippen LogP) is 2.83. The number of Topliss-reactive ketones (excluding diaryl/α,β-unsaturated/α-hetero) is 1. The molecule has 0 aromatic heterocycles. The number of likely N-dealkylation sites (N-methyl/N-ethyl adjacent to an activating group) is 1. The Morgan fingerprint density at radius 3 is 2.56 bits per heavy atom. The van der Waals surface area contributed by atoms with E-state index >= 15 is 0 Å². The van der Waals surface area contributed by atoms with Gasteiger partial charge in [-0.25, -0.2) is 0 Å². The predicted molar refractivity (Wildman–Crippen MR) is 68.0 cm³/mol. The van der Waals surface area contributed by atoms with Crippen LogP contribution in [-0.2, 0) is 0 Å². The van der Waals surface area contributed by atoms with Gasteiger partial charge in [-0.05, 0) is 46.0 Å². The Hall–Kier alpha value is -1.15. The minimum atomic E-state index is -0.0505. The van der Waals surface area contributed by atoms with E-state index in [2.05, 4.69) is 11.8 Å². The van der Waals surface area contributed by atoms with Crippen molar-refractivity contribution in [2.24, 2.45) is 0 Å². The van der Waals surface area contributed by atoms with Crippen LogP contribution in [0.4, 0.5) is 0 Å². The Kier molecular flexibility index (Phi) is 4.25. The maximum atomic E-state index is 12.3. The molecule has 0 spiro atoms. The summed E-state index contributed by atoms with van der Waals surface area (Å²) >= 11 is 0. The van der Waals surface area contributed by atoms with Crippen LogP contribution in [0.2, 0.25) is 0 Å². The van der Waals surface area contributed by atoms with E-state index in [-0.39, 0.29) is 11.8 Å². The van der Waals surface area contributed by atoms with Gasteiger partial charge >= 0.3 is 0 Å². The highest BCUT2D eigenvalue weighted by atomic mass is 16.1. The van der Waals surface area contributed by atoms with Gasteiger partial charge < -0.3 is 0 Å². The summed E-state index contributed by atoms with van der Waals surface area (Å²) in [7, 11) is 1.98. The summed E-state index contributed by atoms with van der Waals surface area (Å²) in [5, 5.41) is 0. The molecule has 1 aromatic carbocycles. The average molecular weight is 219 g/mol. The second-order valence-electron chi connectivity index (χ2n) is 4.43. The zero-order valence-electron chi connectivity index (χ0n) is 10.9. The molecule has 1 aromatic rings. The van der Waals surface area contributed by atoms with Crippen molar-refractivity contribution in [1.82, 2.24) is 4.90 Å². The van der Waals surface area contributed by atoms with Crippen molar-refractivity contribution in [2.75, 3.05) is 13.6 Å². The summed E-state index contributed by atoms with van der Waals surface area (Å²) in [6.45, 7) is 8.92. The Morgan fingerprint density at radius 1 is 1.38 bits per heavy atom. The van der Waals surface area contributed by atoms with Crippen LogP contribution in [0.25, 0.3) is 0 Å². The summed E-state index contributed by atoms with van der Waals surface area (Å²) < 4.78 is 0. The SMILES string of the molecule is CCN(C)C(C)C(=O)c1cc(C)ccc1C. The molecular formula is C14H21NO. The first-order valence-corrected chi connectivity index (χ1v) is 5.79. The highest BCUT2D eigenvalue weighted by Crippen LogP contribution is 2.14. The van der Waals surface area contributed by atoms with Crippen LogP contribution in [0.3, 0.4) is 0 Å². The number of aryl methyl sites for hydroxylation is 2. The summed E-state index contributed by atoms with van der Waals surface area (Å²) in [6.07, 6.45) is 0. The number of nitrogens with zero attached hydrogens (tertiary/aromatic N) is 1. The van der Waals surface area contributed by atoms with Gasteiger partial charge in [0.05, 0.1) is 6.04 Å². The van der Waals surface area contributed by atoms with E-state index in [1.807, 2.05) is 46.0 Å². The molecule has 1 unspecified atom stereocenters. The molecule has 0 saturated carbocycles. The van der Waals surface area contributed by atoms with Crippen molar-refractivity contribution in [3.63, 3.8) is 0 Å². The van der Waals surface area contributed by atoms with Gasteiger partial charge in [-0.1, -0.05) is 24.6 Å². The molecule has 0 heterocycles. The van der Waals surface area contributed by atoms with E-state index in [1.165, 1.54) is 0 Å². The molecule has 0 radical (unpaired) electrons. The maximum Gasteiger partial charge on any atom is 0.179 e. The molecule has 2 nitrogen and oxygen atoms in total. The van der Waals surface area contributed by atoms with E-state index in [1.54, 1.807) is 0 Å². The number of benzene rings is 1. The van der Waals surface area contributed by atoms with Gasteiger partial charge in [0.1, 0.15) is 0 Å². The van der Waals surface area contributed by atoms with E-state index in [9.17, 15) is 4.79 Å². The molecule has 0 amide bonds. The molecule has 0 saturated heterocycles. The average Bonchev–Trinajstić information content (AvgIpc) is 2.29. The third-order valence-corrected chi connectivity index (χ3v) is 3.20. The third-order valence-electron chi connectivity index (χ3n) is 3.20. The standard InChI is InChI=1S/C14H21NO/c1-6-15(5)12(4)14(16)13-9-10(2)7-8-11(13)3/h7-9,12H,6H2,1-5H3. The molecule has 0 N–H and O–H groups in total. The fraction of sp³-hybridized carbons (Fsp3) is 0.500. The van der Waals surface area contributed by atoms with Gasteiger partial charge in [0, 0.05) is 5.56 Å². The molecule has 2 heteroatoms. The summed E-state index contributed by atoms with van der Waals surface area (Å²) in [5.74, 6) is 0.213. The number of carbonyl (C=O) groups excluding carboxylic acids is 1. The Bertz CT molecular complexity index is 384. The van der Waals surface area contributed by atoms with E-state index in [0.29, 0.717) is 0 Å². The van der Waals surface area contributed by atoms with Gasteiger partial charge in [-0.3, -0.25) is 9.69 Å². The maximum absolute atomic E-state index is 12.3. The van der Waals surface area contributed by atoms with Crippen LogP contribution in [-0.4, -0.2) is 30.3 Å². The zero-order chi connectivity index (χ0) is 12.3. The van der Waals surface area contributed by atoms with Crippen molar-refractivity contribution in [3.05, 3.63) is 34.9 Å². The van der Waals surface area contributed by atoms with Gasteiger partial charge in [0.15, 0.2) is 5.78 Å². The molecule has 1 atom stereocenters. The molecule has 0 fully saturated rings. The van der Waals surface area contributed by atoms with Crippen molar-refractivity contribution >= 4 is 5.78 Å². The topological polar surface area (TPSA) is 20.3 Å². The van der Waals surface area contributed by atoms with Gasteiger partial charge in [-0.2, -0.15) is 0 Å². The second kappa shape index (κ2) is 5.26. The van der Waals surface area contributed by atoms with Crippen LogP contribution < -0.4 is 0 Å². The molecule has 0 bridgehead atoms. The molecule has 0 aliphatic carbocycles. The minimum absolute atomic E-state index is 0.0505. The van der Waals surface area contributed by atoms with Crippen molar-refractivity contribution in [1.29, 1.82) is 0 Å². The molecule has 88 valence electrons. The Labute approximate surface area is 98.3 Å². The smallest absolute Gasteiger partial charge is 0.179 e. The van der Waals surface area contributed by atoms with E-state index < -0.39 is 0 Å². The minimum Gasteiger partial charge on any atom is -0.297 e. The molecule has 1 rings (SSSR count). The first-order chi connectivity index (χ1) is 7.47. The zero-order valence-corrected chi connectivity index (χ0v) is 10.9. The fourth-order valence-electron chi connectivity index (χ4n) is 1.70. The van der Waals surface area contributed by atoms with Crippen LogP contribution in [0, 0.1) is 13.8 Å². The molecular weight excluding hydrogens is 198 g/mol. The first kappa shape index (κ1) is 12.9. The third kappa shape index (κ3) is 2.70. The lowest BCUT2D eigenvalue weighted by atomic mass is 9.98. The lowest BCUT2D eigenvalue weighted by molar-refractivity contribution is 0.0873. The lowest BCUT2D eigenvalue weighted by Crippen LogP contribution is -2.36. The first-order valence-electron chi connectivity index (χ1n) is 5.79. The molecule has 16 heavy (non-hydrogen) atoms. The normalized spacial score (nSPS) is 12.9. The van der Waals surface area contributed by atoms with Gasteiger partial charge in [0.25, 0.3) is 0 Å². The quantitative estimate of drug-likeness (QED) is 0.726. The van der Waals surface area contributed by atoms with Crippen molar-refractivity contribution < 1.29 is 4.79 Å². The highest BCUT2D eigenvalue weighted by Gasteiger charge is 2.19.